The van der Waals surface area contributed by atoms with E-state index in [1.54, 1.807) is 0 Å². The Kier molecular flexibility index (Phi) is 3.97. The molecule has 0 unspecified atom stereocenters. The van der Waals surface area contributed by atoms with Crippen molar-refractivity contribution in [3.63, 3.8) is 0 Å². The summed E-state index contributed by atoms with van der Waals surface area (Å²) in [6, 6.07) is 6.19. The van der Waals surface area contributed by atoms with E-state index in [1.165, 1.54) is 30.5 Å². The van der Waals surface area contributed by atoms with Crippen LogP contribution < -0.4 is 10.6 Å². The molecule has 2 N–H and O–H groups in total. The molecule has 2 aromatic rings. The molecule has 1 saturated heterocycles. The second kappa shape index (κ2) is 6.05. The summed E-state index contributed by atoms with van der Waals surface area (Å²) in [7, 11) is 0. The average molecular weight is 272 g/mol. The monoisotopic (exact) mass is 272 g/mol. The van der Waals surface area contributed by atoms with Crippen LogP contribution in [0.25, 0.3) is 11.5 Å². The maximum Gasteiger partial charge on any atom is 0.247 e. The fourth-order valence-electron chi connectivity index (χ4n) is 2.63. The molecule has 5 heteroatoms. The predicted molar refractivity (Wildman–Crippen MR) is 78.6 cm³/mol. The molecular weight excluding hydrogens is 252 g/mol. The quantitative estimate of drug-likeness (QED) is 0.895. The highest BCUT2D eigenvalue weighted by Crippen LogP contribution is 2.24. The summed E-state index contributed by atoms with van der Waals surface area (Å²) in [6.07, 6.45) is 3.87. The molecule has 0 spiro atoms. The Bertz CT molecular complexity index is 547. The van der Waals surface area contributed by atoms with Gasteiger partial charge in [-0.05, 0) is 62.5 Å². The summed E-state index contributed by atoms with van der Waals surface area (Å²) in [5, 5.41) is 14.6. The summed E-state index contributed by atoms with van der Waals surface area (Å²) >= 11 is 0. The van der Waals surface area contributed by atoms with Crippen LogP contribution in [0.15, 0.2) is 29.0 Å². The van der Waals surface area contributed by atoms with Gasteiger partial charge < -0.3 is 15.1 Å². The molecule has 0 amide bonds. The number of anilines is 1. The zero-order valence-corrected chi connectivity index (χ0v) is 11.7. The first-order valence-electron chi connectivity index (χ1n) is 7.15. The van der Waals surface area contributed by atoms with E-state index in [2.05, 4.69) is 39.9 Å². The van der Waals surface area contributed by atoms with Gasteiger partial charge in [-0.1, -0.05) is 0 Å². The largest absolute Gasteiger partial charge is 0.423 e. The van der Waals surface area contributed by atoms with Gasteiger partial charge in [-0.15, -0.1) is 10.2 Å². The zero-order valence-electron chi connectivity index (χ0n) is 11.7. The molecule has 106 valence electrons. The zero-order chi connectivity index (χ0) is 13.8. The van der Waals surface area contributed by atoms with Crippen molar-refractivity contribution in [3.05, 3.63) is 30.2 Å². The van der Waals surface area contributed by atoms with Crippen LogP contribution in [0.1, 0.15) is 18.4 Å². The molecular formula is C15H20N4O. The first-order chi connectivity index (χ1) is 9.83. The Hall–Kier alpha value is -1.88. The highest BCUT2D eigenvalue weighted by atomic mass is 16.4. The molecule has 5 nitrogen and oxygen atoms in total. The fourth-order valence-corrected chi connectivity index (χ4v) is 2.63. The lowest BCUT2D eigenvalue weighted by molar-refractivity contribution is 0.390. The minimum absolute atomic E-state index is 0.568. The van der Waals surface area contributed by atoms with Crippen LogP contribution in [0.5, 0.6) is 0 Å². The highest BCUT2D eigenvalue weighted by Gasteiger charge is 2.13. The van der Waals surface area contributed by atoms with Gasteiger partial charge in [0, 0.05) is 17.8 Å². The Morgan fingerprint density at radius 1 is 1.35 bits per heavy atom. The Labute approximate surface area is 118 Å². The Morgan fingerprint density at radius 3 is 2.90 bits per heavy atom. The second-order valence-electron chi connectivity index (χ2n) is 5.35. The van der Waals surface area contributed by atoms with Crippen molar-refractivity contribution in [2.45, 2.75) is 19.8 Å². The van der Waals surface area contributed by atoms with Gasteiger partial charge in [0.1, 0.15) is 0 Å². The van der Waals surface area contributed by atoms with E-state index in [9.17, 15) is 0 Å². The van der Waals surface area contributed by atoms with E-state index in [0.29, 0.717) is 5.89 Å². The molecule has 0 bridgehead atoms. The third kappa shape index (κ3) is 2.99. The Morgan fingerprint density at radius 2 is 2.20 bits per heavy atom. The van der Waals surface area contributed by atoms with Crippen LogP contribution in [-0.2, 0) is 0 Å². The predicted octanol–water partition coefficient (Wildman–Crippen LogP) is 2.46. The minimum Gasteiger partial charge on any atom is -0.423 e. The van der Waals surface area contributed by atoms with E-state index < -0.39 is 0 Å². The molecule has 1 aromatic heterocycles. The van der Waals surface area contributed by atoms with Crippen LogP contribution in [0, 0.1) is 12.8 Å². The molecule has 2 heterocycles. The van der Waals surface area contributed by atoms with Crippen LogP contribution in [0.2, 0.25) is 0 Å². The standard InChI is InChI=1S/C15H20N4O/c1-11-8-13(15-19-18-10-20-15)2-3-14(11)17-9-12-4-6-16-7-5-12/h2-3,8,10,12,16-17H,4-7,9H2,1H3. The first kappa shape index (κ1) is 13.1. The van der Waals surface area contributed by atoms with Gasteiger partial charge in [-0.2, -0.15) is 0 Å². The minimum atomic E-state index is 0.568. The molecule has 0 atom stereocenters. The number of aryl methyl sites for hydroxylation is 1. The van der Waals surface area contributed by atoms with Crippen molar-refractivity contribution in [1.82, 2.24) is 15.5 Å². The molecule has 1 aliphatic heterocycles. The van der Waals surface area contributed by atoms with E-state index in [4.69, 9.17) is 4.42 Å². The molecule has 0 aliphatic carbocycles. The summed E-state index contributed by atoms with van der Waals surface area (Å²) in [5.74, 6) is 1.34. The van der Waals surface area contributed by atoms with Crippen LogP contribution >= 0.6 is 0 Å². The lowest BCUT2D eigenvalue weighted by Crippen LogP contribution is -2.31. The molecule has 20 heavy (non-hydrogen) atoms. The van der Waals surface area contributed by atoms with E-state index >= 15 is 0 Å². The van der Waals surface area contributed by atoms with Gasteiger partial charge in [0.25, 0.3) is 0 Å². The fraction of sp³-hybridized carbons (Fsp3) is 0.467. The lowest BCUT2D eigenvalue weighted by atomic mass is 9.98. The van der Waals surface area contributed by atoms with E-state index in [1.807, 2.05) is 6.07 Å². The normalized spacial score (nSPS) is 16.2. The van der Waals surface area contributed by atoms with Gasteiger partial charge in [0.05, 0.1) is 0 Å². The van der Waals surface area contributed by atoms with Crippen molar-refractivity contribution < 1.29 is 4.42 Å². The number of piperidine rings is 1. The summed E-state index contributed by atoms with van der Waals surface area (Å²) < 4.78 is 5.22. The number of rotatable bonds is 4. The lowest BCUT2D eigenvalue weighted by Gasteiger charge is -2.23. The molecule has 0 saturated carbocycles. The van der Waals surface area contributed by atoms with Gasteiger partial charge in [-0.25, -0.2) is 0 Å². The number of nitrogens with zero attached hydrogens (tertiary/aromatic N) is 2. The third-order valence-electron chi connectivity index (χ3n) is 3.87. The Balaban J connectivity index is 1.65. The average Bonchev–Trinajstić information content (AvgIpc) is 3.01. The number of nitrogens with one attached hydrogen (secondary N) is 2. The topological polar surface area (TPSA) is 63.0 Å². The molecule has 1 aromatic carbocycles. The molecule has 3 rings (SSSR count). The molecule has 1 fully saturated rings. The van der Waals surface area contributed by atoms with Crippen molar-refractivity contribution in [1.29, 1.82) is 0 Å². The van der Waals surface area contributed by atoms with Gasteiger partial charge >= 0.3 is 0 Å². The van der Waals surface area contributed by atoms with E-state index in [0.717, 1.165) is 31.1 Å². The maximum absolute atomic E-state index is 5.22. The van der Waals surface area contributed by atoms with Gasteiger partial charge in [0.2, 0.25) is 12.3 Å². The van der Waals surface area contributed by atoms with Crippen molar-refractivity contribution in [3.8, 4) is 11.5 Å². The van der Waals surface area contributed by atoms with Crippen molar-refractivity contribution in [2.75, 3.05) is 25.0 Å². The number of aromatic nitrogens is 2. The van der Waals surface area contributed by atoms with Crippen molar-refractivity contribution >= 4 is 5.69 Å². The highest BCUT2D eigenvalue weighted by molar-refractivity contribution is 5.62. The molecule has 0 radical (unpaired) electrons. The maximum atomic E-state index is 5.22. The molecule has 1 aliphatic rings. The van der Waals surface area contributed by atoms with Gasteiger partial charge in [0.15, 0.2) is 0 Å². The number of hydrogen-bond donors (Lipinski definition) is 2. The van der Waals surface area contributed by atoms with Crippen LogP contribution in [0.4, 0.5) is 5.69 Å². The number of benzene rings is 1. The summed E-state index contributed by atoms with van der Waals surface area (Å²) in [5.41, 5.74) is 3.36. The van der Waals surface area contributed by atoms with Crippen molar-refractivity contribution in [2.24, 2.45) is 5.92 Å². The number of hydrogen-bond acceptors (Lipinski definition) is 5. The second-order valence-corrected chi connectivity index (χ2v) is 5.35. The smallest absolute Gasteiger partial charge is 0.247 e. The first-order valence-corrected chi connectivity index (χ1v) is 7.15. The van der Waals surface area contributed by atoms with Crippen LogP contribution in [-0.4, -0.2) is 29.8 Å². The summed E-state index contributed by atoms with van der Waals surface area (Å²) in [4.78, 5) is 0. The van der Waals surface area contributed by atoms with Gasteiger partial charge in [-0.3, -0.25) is 0 Å². The third-order valence-corrected chi connectivity index (χ3v) is 3.87. The summed E-state index contributed by atoms with van der Waals surface area (Å²) in [6.45, 7) is 5.43. The van der Waals surface area contributed by atoms with Crippen LogP contribution in [0.3, 0.4) is 0 Å². The van der Waals surface area contributed by atoms with E-state index in [-0.39, 0.29) is 0 Å². The SMILES string of the molecule is Cc1cc(-c2nnco2)ccc1NCC1CCNCC1.